The van der Waals surface area contributed by atoms with Crippen LogP contribution in [0.1, 0.15) is 27.8 Å². The van der Waals surface area contributed by atoms with Crippen molar-refractivity contribution in [2.45, 2.75) is 27.0 Å². The van der Waals surface area contributed by atoms with Gasteiger partial charge in [-0.3, -0.25) is 9.69 Å². The zero-order chi connectivity index (χ0) is 23.5. The van der Waals surface area contributed by atoms with Crippen molar-refractivity contribution in [1.29, 1.82) is 0 Å². The molecule has 1 N–H and O–H groups in total. The second kappa shape index (κ2) is 10.3. The number of carbonyl (C=O) groups is 2. The van der Waals surface area contributed by atoms with Gasteiger partial charge in [0.25, 0.3) is 5.91 Å². The summed E-state index contributed by atoms with van der Waals surface area (Å²) in [6, 6.07) is 19.5. The molecule has 0 unspecified atom stereocenters. The Morgan fingerprint density at radius 3 is 2.27 bits per heavy atom. The van der Waals surface area contributed by atoms with E-state index in [-0.39, 0.29) is 18.1 Å². The van der Waals surface area contributed by atoms with Crippen molar-refractivity contribution in [3.8, 4) is 5.75 Å². The van der Waals surface area contributed by atoms with Crippen LogP contribution in [0.4, 0.5) is 4.79 Å². The number of amides is 3. The Balaban J connectivity index is 1.49. The lowest BCUT2D eigenvalue weighted by molar-refractivity contribution is -0.123. The zero-order valence-corrected chi connectivity index (χ0v) is 22.5. The van der Waals surface area contributed by atoms with Gasteiger partial charge in [0.1, 0.15) is 18.1 Å². The Hall–Kier alpha value is -2.40. The van der Waals surface area contributed by atoms with E-state index in [4.69, 9.17) is 4.74 Å². The van der Waals surface area contributed by atoms with Crippen molar-refractivity contribution in [1.82, 2.24) is 10.2 Å². The molecule has 33 heavy (non-hydrogen) atoms. The van der Waals surface area contributed by atoms with Gasteiger partial charge in [-0.05, 0) is 93.9 Å². The lowest BCUT2D eigenvalue weighted by Crippen LogP contribution is -2.30. The first-order valence-corrected chi connectivity index (χ1v) is 12.5. The van der Waals surface area contributed by atoms with E-state index in [0.29, 0.717) is 6.61 Å². The summed E-state index contributed by atoms with van der Waals surface area (Å²) in [5.41, 5.74) is 5.42. The fourth-order valence-corrected chi connectivity index (χ4v) is 5.64. The maximum Gasteiger partial charge on any atom is 0.329 e. The van der Waals surface area contributed by atoms with E-state index in [0.717, 1.165) is 35.1 Å². The Kier molecular flexibility index (Phi) is 7.38. The SMILES string of the molecule is Cc1ccc(COc2c(I)cc(/C=C3/NC(=O)N(Cc4cccc(C)c4)C3=O)cc2I)cc1. The van der Waals surface area contributed by atoms with E-state index in [9.17, 15) is 9.59 Å². The molecule has 5 nitrogen and oxygen atoms in total. The van der Waals surface area contributed by atoms with Crippen LogP contribution in [-0.4, -0.2) is 16.8 Å². The van der Waals surface area contributed by atoms with Gasteiger partial charge in [-0.1, -0.05) is 59.7 Å². The highest BCUT2D eigenvalue weighted by Crippen LogP contribution is 2.31. The second-order valence-corrected chi connectivity index (χ2v) is 10.3. The van der Waals surface area contributed by atoms with Crippen molar-refractivity contribution in [2.24, 2.45) is 0 Å². The number of rotatable bonds is 6. The minimum atomic E-state index is -0.407. The van der Waals surface area contributed by atoms with Gasteiger partial charge in [-0.2, -0.15) is 0 Å². The van der Waals surface area contributed by atoms with Crippen molar-refractivity contribution in [3.63, 3.8) is 0 Å². The van der Waals surface area contributed by atoms with Gasteiger partial charge in [0.05, 0.1) is 13.7 Å². The second-order valence-electron chi connectivity index (χ2n) is 7.96. The molecule has 1 saturated heterocycles. The largest absolute Gasteiger partial charge is 0.487 e. The van der Waals surface area contributed by atoms with Crippen LogP contribution >= 0.6 is 45.2 Å². The molecular formula is C26H22I2N2O3. The minimum absolute atomic E-state index is 0.241. The van der Waals surface area contributed by atoms with Crippen LogP contribution in [0.3, 0.4) is 0 Å². The highest BCUT2D eigenvalue weighted by Gasteiger charge is 2.33. The molecule has 0 spiro atoms. The third-order valence-corrected chi connectivity index (χ3v) is 6.82. The summed E-state index contributed by atoms with van der Waals surface area (Å²) in [5, 5.41) is 2.70. The first-order chi connectivity index (χ1) is 15.8. The number of ether oxygens (including phenoxy) is 1. The highest BCUT2D eigenvalue weighted by atomic mass is 127. The molecule has 3 amide bonds. The molecule has 0 saturated carbocycles. The lowest BCUT2D eigenvalue weighted by atomic mass is 10.1. The number of carbonyl (C=O) groups excluding carboxylic acids is 2. The lowest BCUT2D eigenvalue weighted by Gasteiger charge is -2.12. The number of urea groups is 1. The molecule has 0 bridgehead atoms. The van der Waals surface area contributed by atoms with Gasteiger partial charge < -0.3 is 10.1 Å². The van der Waals surface area contributed by atoms with Crippen LogP contribution < -0.4 is 10.1 Å². The molecule has 1 aliphatic heterocycles. The predicted molar refractivity (Wildman–Crippen MR) is 146 cm³/mol. The molecule has 1 fully saturated rings. The van der Waals surface area contributed by atoms with Crippen molar-refractivity contribution < 1.29 is 14.3 Å². The number of hydrogen-bond donors (Lipinski definition) is 1. The van der Waals surface area contributed by atoms with E-state index < -0.39 is 6.03 Å². The van der Waals surface area contributed by atoms with Crippen LogP contribution in [0.25, 0.3) is 6.08 Å². The van der Waals surface area contributed by atoms with E-state index in [2.05, 4.69) is 81.7 Å². The average Bonchev–Trinajstić information content (AvgIpc) is 3.02. The van der Waals surface area contributed by atoms with Gasteiger partial charge in [0, 0.05) is 0 Å². The predicted octanol–water partition coefficient (Wildman–Crippen LogP) is 6.18. The molecule has 0 aromatic heterocycles. The Morgan fingerprint density at radius 1 is 0.909 bits per heavy atom. The zero-order valence-electron chi connectivity index (χ0n) is 18.2. The van der Waals surface area contributed by atoms with Crippen LogP contribution in [0.2, 0.25) is 0 Å². The number of aryl methyl sites for hydroxylation is 2. The number of hydrogen-bond acceptors (Lipinski definition) is 3. The molecule has 0 aliphatic carbocycles. The molecule has 3 aromatic carbocycles. The van der Waals surface area contributed by atoms with Crippen LogP contribution in [0, 0.1) is 21.0 Å². The van der Waals surface area contributed by atoms with Gasteiger partial charge in [-0.15, -0.1) is 0 Å². The highest BCUT2D eigenvalue weighted by molar-refractivity contribution is 14.1. The fourth-order valence-electron chi connectivity index (χ4n) is 3.52. The molecule has 7 heteroatoms. The van der Waals surface area contributed by atoms with E-state index in [1.807, 2.05) is 43.3 Å². The molecule has 0 radical (unpaired) electrons. The van der Waals surface area contributed by atoms with Crippen LogP contribution in [0.15, 0.2) is 66.4 Å². The van der Waals surface area contributed by atoms with Gasteiger partial charge in [0.15, 0.2) is 0 Å². The average molecular weight is 664 g/mol. The third kappa shape index (κ3) is 5.75. The number of nitrogens with one attached hydrogen (secondary N) is 1. The van der Waals surface area contributed by atoms with E-state index in [1.54, 1.807) is 6.08 Å². The summed E-state index contributed by atoms with van der Waals surface area (Å²) < 4.78 is 7.94. The Labute approximate surface area is 220 Å². The smallest absolute Gasteiger partial charge is 0.329 e. The van der Waals surface area contributed by atoms with E-state index in [1.165, 1.54) is 10.5 Å². The number of nitrogens with zero attached hydrogens (tertiary/aromatic N) is 1. The summed E-state index contributed by atoms with van der Waals surface area (Å²) in [7, 11) is 0. The molecule has 4 rings (SSSR count). The molecule has 0 atom stereocenters. The number of halogens is 2. The van der Waals surface area contributed by atoms with Crippen molar-refractivity contribution >= 4 is 63.2 Å². The first-order valence-electron chi connectivity index (χ1n) is 10.4. The molecule has 1 aliphatic rings. The van der Waals surface area contributed by atoms with Crippen molar-refractivity contribution in [2.75, 3.05) is 0 Å². The van der Waals surface area contributed by atoms with Crippen LogP contribution in [-0.2, 0) is 17.9 Å². The minimum Gasteiger partial charge on any atom is -0.487 e. The quantitative estimate of drug-likeness (QED) is 0.195. The first kappa shape index (κ1) is 23.7. The Bertz CT molecular complexity index is 1230. The molecule has 1 heterocycles. The molecule has 168 valence electrons. The fraction of sp³-hybridized carbons (Fsp3) is 0.154. The normalized spacial score (nSPS) is 14.7. The van der Waals surface area contributed by atoms with Gasteiger partial charge in [-0.25, -0.2) is 4.79 Å². The molecular weight excluding hydrogens is 642 g/mol. The van der Waals surface area contributed by atoms with Crippen molar-refractivity contribution in [3.05, 3.63) is 101 Å². The number of benzene rings is 3. The van der Waals surface area contributed by atoms with Crippen LogP contribution in [0.5, 0.6) is 5.75 Å². The van der Waals surface area contributed by atoms with Gasteiger partial charge in [0.2, 0.25) is 0 Å². The monoisotopic (exact) mass is 664 g/mol. The van der Waals surface area contributed by atoms with E-state index >= 15 is 0 Å². The molecule has 3 aromatic rings. The maximum atomic E-state index is 12.9. The summed E-state index contributed by atoms with van der Waals surface area (Å²) in [5.74, 6) is 0.480. The summed E-state index contributed by atoms with van der Waals surface area (Å²) in [6.07, 6.45) is 1.71. The topological polar surface area (TPSA) is 58.6 Å². The maximum absolute atomic E-state index is 12.9. The standard InChI is InChI=1S/C26H22I2N2O3/c1-16-6-8-18(9-7-16)15-33-24-21(27)11-20(12-22(24)28)13-23-25(31)30(26(32)29-23)14-19-5-3-4-17(2)10-19/h3-13H,14-15H2,1-2H3,(H,29,32)/b23-13+. The summed E-state index contributed by atoms with van der Waals surface area (Å²) in [4.78, 5) is 26.5. The number of imide groups is 1. The Morgan fingerprint density at radius 2 is 1.61 bits per heavy atom. The van der Waals surface area contributed by atoms with Gasteiger partial charge >= 0.3 is 6.03 Å². The summed E-state index contributed by atoms with van der Waals surface area (Å²) >= 11 is 4.47. The summed E-state index contributed by atoms with van der Waals surface area (Å²) in [6.45, 7) is 4.76. The third-order valence-electron chi connectivity index (χ3n) is 5.22.